The van der Waals surface area contributed by atoms with Crippen molar-refractivity contribution < 1.29 is 9.18 Å². The van der Waals surface area contributed by atoms with Crippen LogP contribution < -0.4 is 11.1 Å². The monoisotopic (exact) mass is 252 g/mol. The van der Waals surface area contributed by atoms with Crippen molar-refractivity contribution in [1.82, 2.24) is 10.2 Å². The number of halogens is 1. The van der Waals surface area contributed by atoms with Crippen molar-refractivity contribution in [2.24, 2.45) is 5.73 Å². The number of hydrogen-bond acceptors (Lipinski definition) is 5. The normalized spacial score (nSPS) is 10.2. The highest BCUT2D eigenvalue weighted by atomic mass is 32.1. The molecule has 1 aromatic heterocycles. The van der Waals surface area contributed by atoms with E-state index in [0.717, 1.165) is 11.3 Å². The van der Waals surface area contributed by atoms with Gasteiger partial charge in [0.15, 0.2) is 0 Å². The largest absolute Gasteiger partial charge is 0.324 e. The molecule has 1 amide bonds. The fraction of sp³-hybridized carbons (Fsp3) is 0.100. The molecule has 0 unspecified atom stereocenters. The summed E-state index contributed by atoms with van der Waals surface area (Å²) in [6, 6.07) is 5.91. The van der Waals surface area contributed by atoms with Crippen molar-refractivity contribution >= 4 is 22.9 Å². The molecule has 0 radical (unpaired) electrons. The summed E-state index contributed by atoms with van der Waals surface area (Å²) >= 11 is 1.08. The average Bonchev–Trinajstić information content (AvgIpc) is 2.81. The summed E-state index contributed by atoms with van der Waals surface area (Å²) in [5, 5.41) is 10.5. The van der Waals surface area contributed by atoms with Crippen LogP contribution in [-0.4, -0.2) is 16.1 Å². The molecule has 88 valence electrons. The van der Waals surface area contributed by atoms with Gasteiger partial charge < -0.3 is 11.1 Å². The molecule has 7 heteroatoms. The minimum Gasteiger partial charge on any atom is -0.324 e. The molecule has 3 N–H and O–H groups in total. The van der Waals surface area contributed by atoms with Gasteiger partial charge in [0, 0.05) is 6.54 Å². The average molecular weight is 252 g/mol. The number of anilines is 1. The fourth-order valence-electron chi connectivity index (χ4n) is 1.17. The number of amides is 1. The first-order chi connectivity index (χ1) is 8.20. The van der Waals surface area contributed by atoms with E-state index in [9.17, 15) is 9.18 Å². The second kappa shape index (κ2) is 4.98. The van der Waals surface area contributed by atoms with Gasteiger partial charge in [0.25, 0.3) is 5.91 Å². The second-order valence-corrected chi connectivity index (χ2v) is 4.20. The van der Waals surface area contributed by atoms with Crippen molar-refractivity contribution in [1.29, 1.82) is 0 Å². The van der Waals surface area contributed by atoms with Crippen molar-refractivity contribution in [2.75, 3.05) is 5.32 Å². The van der Waals surface area contributed by atoms with E-state index >= 15 is 0 Å². The van der Waals surface area contributed by atoms with Crippen LogP contribution in [-0.2, 0) is 6.54 Å². The van der Waals surface area contributed by atoms with Crippen molar-refractivity contribution in [3.8, 4) is 0 Å². The van der Waals surface area contributed by atoms with E-state index in [0.29, 0.717) is 5.01 Å². The summed E-state index contributed by atoms with van der Waals surface area (Å²) in [6.45, 7) is 0.227. The molecular weight excluding hydrogens is 243 g/mol. The lowest BCUT2D eigenvalue weighted by Crippen LogP contribution is -2.12. The number of carbonyl (C=O) groups excluding carboxylic acids is 1. The van der Waals surface area contributed by atoms with Crippen LogP contribution in [0.25, 0.3) is 0 Å². The molecule has 0 aliphatic carbocycles. The molecule has 1 aromatic carbocycles. The van der Waals surface area contributed by atoms with Gasteiger partial charge >= 0.3 is 0 Å². The SMILES string of the molecule is NCc1nnc(C(=O)Nc2ccccc2F)s1. The van der Waals surface area contributed by atoms with Gasteiger partial charge in [-0.25, -0.2) is 4.39 Å². The topological polar surface area (TPSA) is 80.9 Å². The lowest BCUT2D eigenvalue weighted by Gasteiger charge is -2.02. The number of aromatic nitrogens is 2. The maximum Gasteiger partial charge on any atom is 0.286 e. The molecule has 1 heterocycles. The quantitative estimate of drug-likeness (QED) is 0.865. The minimum absolute atomic E-state index is 0.113. The molecule has 0 spiro atoms. The van der Waals surface area contributed by atoms with Crippen LogP contribution in [0.3, 0.4) is 0 Å². The number of rotatable bonds is 3. The number of para-hydroxylation sites is 1. The third-order valence-electron chi connectivity index (χ3n) is 1.96. The standard InChI is InChI=1S/C10H9FN4OS/c11-6-3-1-2-4-7(6)13-9(16)10-15-14-8(5-12)17-10/h1-4H,5,12H2,(H,13,16). The van der Waals surface area contributed by atoms with Crippen molar-refractivity contribution in [3.63, 3.8) is 0 Å². The Hall–Kier alpha value is -1.86. The zero-order chi connectivity index (χ0) is 12.3. The van der Waals surface area contributed by atoms with Crippen LogP contribution in [0.1, 0.15) is 14.8 Å². The fourth-order valence-corrected chi connectivity index (χ4v) is 1.78. The van der Waals surface area contributed by atoms with E-state index in [-0.39, 0.29) is 17.2 Å². The molecule has 0 aliphatic heterocycles. The van der Waals surface area contributed by atoms with Crippen LogP contribution in [0.5, 0.6) is 0 Å². The van der Waals surface area contributed by atoms with E-state index in [1.807, 2.05) is 0 Å². The van der Waals surface area contributed by atoms with E-state index in [4.69, 9.17) is 5.73 Å². The Balaban J connectivity index is 2.14. The third-order valence-corrected chi connectivity index (χ3v) is 2.90. The minimum atomic E-state index is -0.496. The van der Waals surface area contributed by atoms with Crippen LogP contribution in [0, 0.1) is 5.82 Å². The molecule has 17 heavy (non-hydrogen) atoms. The summed E-state index contributed by atoms with van der Waals surface area (Å²) in [5.74, 6) is -0.989. The molecular formula is C10H9FN4OS. The van der Waals surface area contributed by atoms with Gasteiger partial charge in [-0.3, -0.25) is 4.79 Å². The van der Waals surface area contributed by atoms with E-state index in [1.54, 1.807) is 12.1 Å². The molecule has 2 aromatic rings. The summed E-state index contributed by atoms with van der Waals surface area (Å²) in [4.78, 5) is 11.7. The van der Waals surface area contributed by atoms with Gasteiger partial charge in [-0.15, -0.1) is 10.2 Å². The zero-order valence-corrected chi connectivity index (χ0v) is 9.50. The number of nitrogens with one attached hydrogen (secondary N) is 1. The van der Waals surface area contributed by atoms with Crippen LogP contribution in [0.15, 0.2) is 24.3 Å². The summed E-state index contributed by atoms with van der Waals surface area (Å²) < 4.78 is 13.3. The highest BCUT2D eigenvalue weighted by Crippen LogP contribution is 2.15. The van der Waals surface area contributed by atoms with E-state index in [2.05, 4.69) is 15.5 Å². The van der Waals surface area contributed by atoms with E-state index in [1.165, 1.54) is 12.1 Å². The van der Waals surface area contributed by atoms with Gasteiger partial charge in [0.1, 0.15) is 10.8 Å². The summed E-state index contributed by atoms with van der Waals surface area (Å²) in [7, 11) is 0. The Morgan fingerprint density at radius 1 is 1.41 bits per heavy atom. The van der Waals surface area contributed by atoms with Crippen LogP contribution >= 0.6 is 11.3 Å². The molecule has 0 aliphatic rings. The Kier molecular flexibility index (Phi) is 3.40. The number of nitrogens with zero attached hydrogens (tertiary/aromatic N) is 2. The third kappa shape index (κ3) is 2.63. The number of hydrogen-bond donors (Lipinski definition) is 2. The van der Waals surface area contributed by atoms with E-state index < -0.39 is 11.7 Å². The molecule has 2 rings (SSSR count). The predicted octanol–water partition coefficient (Wildman–Crippen LogP) is 1.39. The lowest BCUT2D eigenvalue weighted by molar-refractivity contribution is 0.102. The Bertz CT molecular complexity index is 543. The molecule has 0 saturated carbocycles. The van der Waals surface area contributed by atoms with Gasteiger partial charge in [-0.05, 0) is 12.1 Å². The van der Waals surface area contributed by atoms with Crippen LogP contribution in [0.4, 0.5) is 10.1 Å². The smallest absolute Gasteiger partial charge is 0.286 e. The molecule has 0 saturated heterocycles. The van der Waals surface area contributed by atoms with Gasteiger partial charge in [0.2, 0.25) is 5.01 Å². The van der Waals surface area contributed by atoms with Crippen molar-refractivity contribution in [3.05, 3.63) is 40.1 Å². The number of benzene rings is 1. The molecule has 0 bridgehead atoms. The molecule has 5 nitrogen and oxygen atoms in total. The zero-order valence-electron chi connectivity index (χ0n) is 8.68. The Labute approximate surface area is 100 Å². The first-order valence-electron chi connectivity index (χ1n) is 4.79. The molecule has 0 atom stereocenters. The van der Waals surface area contributed by atoms with Gasteiger partial charge in [-0.1, -0.05) is 23.5 Å². The van der Waals surface area contributed by atoms with Crippen molar-refractivity contribution in [2.45, 2.75) is 6.54 Å². The number of nitrogens with two attached hydrogens (primary N) is 1. The molecule has 0 fully saturated rings. The second-order valence-electron chi connectivity index (χ2n) is 3.14. The van der Waals surface area contributed by atoms with Gasteiger partial charge in [0.05, 0.1) is 5.69 Å². The maximum absolute atomic E-state index is 13.3. The Morgan fingerprint density at radius 2 is 2.18 bits per heavy atom. The summed E-state index contributed by atoms with van der Waals surface area (Å²) in [5.41, 5.74) is 5.47. The van der Waals surface area contributed by atoms with Crippen LogP contribution in [0.2, 0.25) is 0 Å². The first-order valence-corrected chi connectivity index (χ1v) is 5.60. The Morgan fingerprint density at radius 3 is 2.82 bits per heavy atom. The highest BCUT2D eigenvalue weighted by molar-refractivity contribution is 7.13. The lowest BCUT2D eigenvalue weighted by atomic mass is 10.3. The summed E-state index contributed by atoms with van der Waals surface area (Å²) in [6.07, 6.45) is 0. The number of carbonyl (C=O) groups is 1. The predicted molar refractivity (Wildman–Crippen MR) is 62.2 cm³/mol. The first kappa shape index (κ1) is 11.6. The maximum atomic E-state index is 13.3. The van der Waals surface area contributed by atoms with Gasteiger partial charge in [-0.2, -0.15) is 0 Å². The highest BCUT2D eigenvalue weighted by Gasteiger charge is 2.13.